The van der Waals surface area contributed by atoms with Crippen LogP contribution in [0.2, 0.25) is 0 Å². The van der Waals surface area contributed by atoms with E-state index in [1.807, 2.05) is 0 Å². The zero-order valence-electron chi connectivity index (χ0n) is 10.6. The van der Waals surface area contributed by atoms with Gasteiger partial charge in [0.05, 0.1) is 12.0 Å². The van der Waals surface area contributed by atoms with Crippen LogP contribution in [-0.2, 0) is 15.1 Å². The monoisotopic (exact) mass is 328 g/mol. The van der Waals surface area contributed by atoms with Gasteiger partial charge in [-0.05, 0) is 0 Å². The van der Waals surface area contributed by atoms with Crippen molar-refractivity contribution in [1.29, 1.82) is 5.26 Å². The first-order valence-electron chi connectivity index (χ1n) is 5.34. The van der Waals surface area contributed by atoms with Crippen molar-refractivity contribution in [1.82, 2.24) is 0 Å². The van der Waals surface area contributed by atoms with Gasteiger partial charge in [0.25, 0.3) is 0 Å². The summed E-state index contributed by atoms with van der Waals surface area (Å²) in [7, 11) is 0. The van der Waals surface area contributed by atoms with E-state index in [1.54, 1.807) is 0 Å². The molecule has 10 nitrogen and oxygen atoms in total. The van der Waals surface area contributed by atoms with E-state index in [-0.39, 0.29) is 11.3 Å². The summed E-state index contributed by atoms with van der Waals surface area (Å²) in [4.78, 5) is 42.9. The summed E-state index contributed by atoms with van der Waals surface area (Å²) in [5.74, 6) is -6.93. The molecule has 0 radical (unpaired) electrons. The summed E-state index contributed by atoms with van der Waals surface area (Å²) in [6, 6.07) is 1.38. The van der Waals surface area contributed by atoms with Gasteiger partial charge in [-0.3, -0.25) is 4.79 Å². The lowest BCUT2D eigenvalue weighted by molar-refractivity contribution is -0.150. The largest absolute Gasteiger partial charge is 0.481 e. The van der Waals surface area contributed by atoms with Gasteiger partial charge in [-0.25, -0.2) is 14.4 Å². The Morgan fingerprint density at radius 1 is 1.09 bits per heavy atom. The minimum Gasteiger partial charge on any atom is -0.481 e. The van der Waals surface area contributed by atoms with Gasteiger partial charge in [0.2, 0.25) is 0 Å². The number of carboxylic acid groups (broad SMARTS) is 4. The molecular formula is C11H8N2O8S. The highest BCUT2D eigenvalue weighted by molar-refractivity contribution is 7.16. The predicted molar refractivity (Wildman–Crippen MR) is 68.7 cm³/mol. The normalized spacial score (nSPS) is 12.9. The van der Waals surface area contributed by atoms with Crippen molar-refractivity contribution in [3.63, 3.8) is 0 Å². The van der Waals surface area contributed by atoms with Crippen LogP contribution in [-0.4, -0.2) is 44.3 Å². The second-order valence-electron chi connectivity index (χ2n) is 4.08. The zero-order chi connectivity index (χ0) is 17.2. The Morgan fingerprint density at radius 3 is 1.91 bits per heavy atom. The third-order valence-corrected chi connectivity index (χ3v) is 3.83. The molecule has 0 aliphatic rings. The van der Waals surface area contributed by atoms with Gasteiger partial charge in [-0.2, -0.15) is 5.26 Å². The Balaban J connectivity index is 3.86. The number of aromatic carboxylic acids is 2. The van der Waals surface area contributed by atoms with Crippen molar-refractivity contribution in [2.45, 2.75) is 12.0 Å². The van der Waals surface area contributed by atoms with Crippen LogP contribution in [0.4, 0.5) is 0 Å². The van der Waals surface area contributed by atoms with Crippen LogP contribution in [0.15, 0.2) is 0 Å². The van der Waals surface area contributed by atoms with E-state index in [4.69, 9.17) is 26.3 Å². The minimum absolute atomic E-state index is 0.140. The average Bonchev–Trinajstić information content (AvgIpc) is 2.77. The highest BCUT2D eigenvalue weighted by Crippen LogP contribution is 2.37. The number of hydrogen-bond donors (Lipinski definition) is 5. The predicted octanol–water partition coefficient (Wildman–Crippen LogP) is -0.271. The van der Waals surface area contributed by atoms with Gasteiger partial charge in [0, 0.05) is 5.56 Å². The highest BCUT2D eigenvalue weighted by atomic mass is 32.1. The van der Waals surface area contributed by atoms with E-state index in [0.717, 1.165) is 0 Å². The maximum atomic E-state index is 11.3. The molecule has 0 fully saturated rings. The second-order valence-corrected chi connectivity index (χ2v) is 5.10. The Bertz CT molecular complexity index is 731. The quantitative estimate of drug-likeness (QED) is 0.463. The summed E-state index contributed by atoms with van der Waals surface area (Å²) in [5.41, 5.74) is 1.14. The fourth-order valence-corrected chi connectivity index (χ4v) is 2.79. The van der Waals surface area contributed by atoms with Gasteiger partial charge in [0.15, 0.2) is 5.54 Å². The summed E-state index contributed by atoms with van der Waals surface area (Å²) in [6.07, 6.45) is -1.23. The number of rotatable bonds is 6. The van der Waals surface area contributed by atoms with Crippen molar-refractivity contribution in [2.75, 3.05) is 0 Å². The third kappa shape index (κ3) is 2.73. The van der Waals surface area contributed by atoms with E-state index in [0.29, 0.717) is 0 Å². The SMILES string of the molecule is N#Cc1c(C(=O)O)sc(C(=O)O)c1C(N)(CC(=O)O)C(=O)O. The van der Waals surface area contributed by atoms with Crippen LogP contribution in [0, 0.1) is 11.3 Å². The fraction of sp³-hybridized carbons (Fsp3) is 0.182. The first-order chi connectivity index (χ1) is 10.1. The molecule has 0 bridgehead atoms. The molecule has 6 N–H and O–H groups in total. The number of aliphatic carboxylic acids is 2. The van der Waals surface area contributed by atoms with Crippen LogP contribution >= 0.6 is 11.3 Å². The maximum absolute atomic E-state index is 11.3. The molecule has 0 spiro atoms. The fourth-order valence-electron chi connectivity index (χ4n) is 1.77. The van der Waals surface area contributed by atoms with Crippen LogP contribution in [0.1, 0.15) is 36.9 Å². The highest BCUT2D eigenvalue weighted by Gasteiger charge is 2.46. The molecule has 22 heavy (non-hydrogen) atoms. The average molecular weight is 328 g/mol. The topological polar surface area (TPSA) is 199 Å². The molecule has 0 saturated carbocycles. The van der Waals surface area contributed by atoms with Crippen molar-refractivity contribution >= 4 is 35.2 Å². The van der Waals surface area contributed by atoms with Gasteiger partial charge in [-0.1, -0.05) is 0 Å². The molecule has 1 heterocycles. The van der Waals surface area contributed by atoms with Crippen LogP contribution in [0.25, 0.3) is 0 Å². The molecule has 1 atom stereocenters. The Kier molecular flexibility index (Phi) is 4.50. The smallest absolute Gasteiger partial charge is 0.347 e. The number of carboxylic acids is 4. The molecular weight excluding hydrogens is 320 g/mol. The molecule has 0 saturated heterocycles. The molecule has 1 rings (SSSR count). The van der Waals surface area contributed by atoms with Crippen molar-refractivity contribution < 1.29 is 39.6 Å². The minimum atomic E-state index is -2.76. The van der Waals surface area contributed by atoms with Crippen LogP contribution in [0.5, 0.6) is 0 Å². The molecule has 11 heteroatoms. The summed E-state index contributed by atoms with van der Waals surface area (Å²) in [5, 5.41) is 45.0. The Labute approximate surface area is 125 Å². The van der Waals surface area contributed by atoms with Crippen molar-refractivity contribution in [3.05, 3.63) is 20.9 Å². The number of thiophene rings is 1. The summed E-state index contributed by atoms with van der Waals surface area (Å²) >= 11 is 0.140. The van der Waals surface area contributed by atoms with E-state index in [1.165, 1.54) is 6.07 Å². The van der Waals surface area contributed by atoms with E-state index >= 15 is 0 Å². The molecule has 0 aliphatic heterocycles. The van der Waals surface area contributed by atoms with Gasteiger partial charge in [-0.15, -0.1) is 11.3 Å². The first-order valence-corrected chi connectivity index (χ1v) is 6.16. The molecule has 1 unspecified atom stereocenters. The summed E-state index contributed by atoms with van der Waals surface area (Å²) < 4.78 is 0. The number of hydrogen-bond acceptors (Lipinski definition) is 7. The van der Waals surface area contributed by atoms with Gasteiger partial charge >= 0.3 is 23.9 Å². The van der Waals surface area contributed by atoms with E-state index in [9.17, 15) is 24.3 Å². The molecule has 116 valence electrons. The number of nitrogens with two attached hydrogens (primary N) is 1. The van der Waals surface area contributed by atoms with Crippen molar-refractivity contribution in [2.24, 2.45) is 5.73 Å². The molecule has 0 amide bonds. The van der Waals surface area contributed by atoms with Gasteiger partial charge in [0.1, 0.15) is 15.8 Å². The lowest BCUT2D eigenvalue weighted by Gasteiger charge is -2.23. The van der Waals surface area contributed by atoms with Crippen molar-refractivity contribution in [3.8, 4) is 6.07 Å². The molecule has 1 aromatic rings. The van der Waals surface area contributed by atoms with Crippen LogP contribution in [0.3, 0.4) is 0 Å². The third-order valence-electron chi connectivity index (χ3n) is 2.67. The lowest BCUT2D eigenvalue weighted by atomic mass is 9.84. The standard InChI is InChI=1S/C11H8N2O8S/c12-2-3-5(11(13,10(20)21)1-4(14)15)7(9(18)19)22-6(3)8(16)17/h1,13H2,(H,14,15)(H,16,17)(H,18,19)(H,20,21). The number of nitrogens with zero attached hydrogens (tertiary/aromatic N) is 1. The molecule has 1 aromatic heterocycles. The number of carbonyl (C=O) groups is 4. The van der Waals surface area contributed by atoms with Gasteiger partial charge < -0.3 is 26.2 Å². The van der Waals surface area contributed by atoms with E-state index in [2.05, 4.69) is 0 Å². The zero-order valence-corrected chi connectivity index (χ0v) is 11.4. The number of nitriles is 1. The Morgan fingerprint density at radius 2 is 1.59 bits per heavy atom. The molecule has 0 aromatic carbocycles. The van der Waals surface area contributed by atoms with Crippen LogP contribution < -0.4 is 5.73 Å². The molecule has 0 aliphatic carbocycles. The second kappa shape index (κ2) is 5.80. The van der Waals surface area contributed by atoms with E-state index < -0.39 is 56.7 Å². The Hall–Kier alpha value is -2.97. The maximum Gasteiger partial charge on any atom is 0.347 e. The lowest BCUT2D eigenvalue weighted by Crippen LogP contribution is -2.47. The first kappa shape index (κ1) is 17.1. The summed E-state index contributed by atoms with van der Waals surface area (Å²) in [6.45, 7) is 0.